The number of esters is 2. The highest BCUT2D eigenvalue weighted by molar-refractivity contribution is 6.00. The van der Waals surface area contributed by atoms with Crippen molar-refractivity contribution in [2.75, 3.05) is 20.2 Å². The summed E-state index contributed by atoms with van der Waals surface area (Å²) in [6.07, 6.45) is 1.31. The highest BCUT2D eigenvalue weighted by atomic mass is 16.6. The van der Waals surface area contributed by atoms with Crippen LogP contribution in [0.1, 0.15) is 43.7 Å². The average molecular weight is 506 g/mol. The fourth-order valence-electron chi connectivity index (χ4n) is 5.11. The Morgan fingerprint density at radius 1 is 1.05 bits per heavy atom. The van der Waals surface area contributed by atoms with Gasteiger partial charge in [0.05, 0.1) is 29.1 Å². The van der Waals surface area contributed by atoms with Gasteiger partial charge in [-0.2, -0.15) is 0 Å². The van der Waals surface area contributed by atoms with Gasteiger partial charge in [0.15, 0.2) is 0 Å². The molecular weight excluding hydrogens is 474 g/mol. The van der Waals surface area contributed by atoms with Crippen LogP contribution in [0.25, 0.3) is 0 Å². The molecule has 1 fully saturated rings. The zero-order chi connectivity index (χ0) is 26.5. The first-order chi connectivity index (χ1) is 17.8. The molecular formula is C28H31N3O6. The maximum atomic E-state index is 13.7. The van der Waals surface area contributed by atoms with Crippen molar-refractivity contribution in [2.45, 2.75) is 45.3 Å². The summed E-state index contributed by atoms with van der Waals surface area (Å²) >= 11 is 0. The van der Waals surface area contributed by atoms with Crippen LogP contribution in [0.3, 0.4) is 0 Å². The van der Waals surface area contributed by atoms with Gasteiger partial charge in [-0.15, -0.1) is 0 Å². The highest BCUT2D eigenvalue weighted by Gasteiger charge is 2.39. The van der Waals surface area contributed by atoms with Crippen molar-refractivity contribution in [2.24, 2.45) is 0 Å². The molecule has 0 aliphatic carbocycles. The summed E-state index contributed by atoms with van der Waals surface area (Å²) < 4.78 is 11.0. The largest absolute Gasteiger partial charge is 0.466 e. The van der Waals surface area contributed by atoms with Crippen LogP contribution in [0.15, 0.2) is 77.1 Å². The second kappa shape index (κ2) is 11.4. The molecule has 2 aliphatic rings. The van der Waals surface area contributed by atoms with Gasteiger partial charge >= 0.3 is 11.9 Å². The predicted octanol–water partition coefficient (Wildman–Crippen LogP) is 4.21. The molecule has 1 saturated heterocycles. The smallest absolute Gasteiger partial charge is 0.337 e. The molecule has 9 nitrogen and oxygen atoms in total. The highest BCUT2D eigenvalue weighted by Crippen LogP contribution is 2.40. The molecule has 1 unspecified atom stereocenters. The Morgan fingerprint density at radius 2 is 1.76 bits per heavy atom. The molecule has 2 heterocycles. The zero-order valence-electron chi connectivity index (χ0n) is 21.2. The van der Waals surface area contributed by atoms with E-state index in [9.17, 15) is 19.7 Å². The van der Waals surface area contributed by atoms with Crippen LogP contribution < -0.4 is 5.32 Å². The first kappa shape index (κ1) is 26.1. The maximum Gasteiger partial charge on any atom is 0.337 e. The molecule has 0 aromatic heterocycles. The number of hydrogen-bond acceptors (Lipinski definition) is 8. The number of allylic oxidation sites excluding steroid dienone is 2. The minimum atomic E-state index is -0.870. The van der Waals surface area contributed by atoms with Gasteiger partial charge in [0, 0.05) is 36.6 Å². The van der Waals surface area contributed by atoms with Gasteiger partial charge in [0.1, 0.15) is 6.10 Å². The molecule has 4 rings (SSSR count). The molecule has 194 valence electrons. The number of dihydropyridines is 1. The predicted molar refractivity (Wildman–Crippen MR) is 137 cm³/mol. The fourth-order valence-corrected chi connectivity index (χ4v) is 5.11. The lowest BCUT2D eigenvalue weighted by Crippen LogP contribution is -2.41. The number of benzene rings is 2. The third-order valence-electron chi connectivity index (χ3n) is 6.78. The number of nitro benzene ring substituents is 1. The summed E-state index contributed by atoms with van der Waals surface area (Å²) in [5.41, 5.74) is 3.01. The number of carbonyl (C=O) groups excluding carboxylic acids is 2. The third kappa shape index (κ3) is 5.89. The number of ether oxygens (including phenoxy) is 2. The van der Waals surface area contributed by atoms with Crippen LogP contribution in [-0.2, 0) is 25.6 Å². The number of nitro groups is 1. The van der Waals surface area contributed by atoms with Crippen molar-refractivity contribution in [1.29, 1.82) is 0 Å². The molecule has 0 spiro atoms. The van der Waals surface area contributed by atoms with Crippen molar-refractivity contribution in [1.82, 2.24) is 10.2 Å². The number of likely N-dealkylation sites (tertiary alicyclic amines) is 1. The van der Waals surface area contributed by atoms with Crippen LogP contribution in [0.5, 0.6) is 0 Å². The summed E-state index contributed by atoms with van der Waals surface area (Å²) in [6.45, 7) is 5.73. The number of piperidine rings is 1. The quantitative estimate of drug-likeness (QED) is 0.338. The van der Waals surface area contributed by atoms with E-state index in [0.717, 1.165) is 25.9 Å². The van der Waals surface area contributed by atoms with Gasteiger partial charge in [-0.25, -0.2) is 9.59 Å². The van der Waals surface area contributed by atoms with Gasteiger partial charge in [0.25, 0.3) is 5.69 Å². The van der Waals surface area contributed by atoms with Gasteiger partial charge in [-0.1, -0.05) is 42.5 Å². The van der Waals surface area contributed by atoms with Gasteiger partial charge < -0.3 is 14.8 Å². The zero-order valence-corrected chi connectivity index (χ0v) is 21.2. The van der Waals surface area contributed by atoms with Crippen LogP contribution >= 0.6 is 0 Å². The Balaban J connectivity index is 1.61. The number of hydrogen-bond donors (Lipinski definition) is 1. The first-order valence-corrected chi connectivity index (χ1v) is 12.3. The maximum absolute atomic E-state index is 13.7. The second-order valence-corrected chi connectivity index (χ2v) is 9.37. The Hall–Kier alpha value is -3.98. The Morgan fingerprint density at radius 3 is 2.43 bits per heavy atom. The summed E-state index contributed by atoms with van der Waals surface area (Å²) in [5.74, 6) is -2.04. The number of methoxy groups -OCH3 is 1. The van der Waals surface area contributed by atoms with Crippen LogP contribution in [-0.4, -0.2) is 48.1 Å². The van der Waals surface area contributed by atoms with Gasteiger partial charge in [-0.3, -0.25) is 15.0 Å². The number of non-ortho nitro benzene ring substituents is 1. The molecule has 2 atom stereocenters. The summed E-state index contributed by atoms with van der Waals surface area (Å²) in [6, 6.07) is 16.1. The molecule has 9 heteroatoms. The monoisotopic (exact) mass is 505 g/mol. The van der Waals surface area contributed by atoms with Gasteiger partial charge in [0.2, 0.25) is 0 Å². The van der Waals surface area contributed by atoms with E-state index in [0.29, 0.717) is 23.5 Å². The minimum Gasteiger partial charge on any atom is -0.466 e. The molecule has 0 bridgehead atoms. The number of nitrogens with zero attached hydrogens (tertiary/aromatic N) is 2. The Kier molecular flexibility index (Phi) is 8.03. The Labute approximate surface area is 215 Å². The van der Waals surface area contributed by atoms with Crippen molar-refractivity contribution >= 4 is 17.6 Å². The molecule has 0 radical (unpaired) electrons. The molecule has 2 aromatic carbocycles. The van der Waals surface area contributed by atoms with E-state index >= 15 is 0 Å². The number of carbonyl (C=O) groups is 2. The average Bonchev–Trinajstić information content (AvgIpc) is 2.88. The van der Waals surface area contributed by atoms with Crippen molar-refractivity contribution in [3.63, 3.8) is 0 Å². The van der Waals surface area contributed by atoms with E-state index in [4.69, 9.17) is 9.47 Å². The first-order valence-electron chi connectivity index (χ1n) is 12.3. The molecule has 0 amide bonds. The van der Waals surface area contributed by atoms with E-state index in [1.54, 1.807) is 26.0 Å². The normalized spacial score (nSPS) is 20.3. The lowest BCUT2D eigenvalue weighted by molar-refractivity contribution is -0.384. The minimum absolute atomic E-state index is 0.132. The Bertz CT molecular complexity index is 1250. The lowest BCUT2D eigenvalue weighted by atomic mass is 9.80. The summed E-state index contributed by atoms with van der Waals surface area (Å²) in [5, 5.41) is 14.6. The molecule has 37 heavy (non-hydrogen) atoms. The molecule has 2 aromatic rings. The second-order valence-electron chi connectivity index (χ2n) is 9.37. The van der Waals surface area contributed by atoms with Crippen LogP contribution in [0, 0.1) is 10.1 Å². The SMILES string of the molecule is COC(=O)C1=C(C)NC(C)=C(C(=O)O[C@@H]2CCCN(Cc3ccccc3)C2)C1c1cccc([N+](=O)[O-])c1. The van der Waals surface area contributed by atoms with Crippen molar-refractivity contribution in [3.05, 3.63) is 98.4 Å². The molecule has 1 N–H and O–H groups in total. The standard InChI is InChI=1S/C28H31N3O6/c1-18-24(27(32)36-3)26(21-11-7-12-22(15-21)31(34)35)25(19(2)29-18)28(33)37-23-13-8-14-30(17-23)16-20-9-5-4-6-10-20/h4-7,9-12,15,23,26,29H,8,13-14,16-17H2,1-3H3/t23-,26?/m1/s1. The van der Waals surface area contributed by atoms with E-state index < -0.39 is 22.8 Å². The van der Waals surface area contributed by atoms with Crippen molar-refractivity contribution in [3.8, 4) is 0 Å². The number of nitrogens with one attached hydrogen (secondary N) is 1. The third-order valence-corrected chi connectivity index (χ3v) is 6.78. The summed E-state index contributed by atoms with van der Waals surface area (Å²) in [4.78, 5) is 39.7. The topological polar surface area (TPSA) is 111 Å². The molecule has 2 aliphatic heterocycles. The summed E-state index contributed by atoms with van der Waals surface area (Å²) in [7, 11) is 1.26. The number of rotatable bonds is 7. The van der Waals surface area contributed by atoms with E-state index in [2.05, 4.69) is 22.3 Å². The van der Waals surface area contributed by atoms with Crippen LogP contribution in [0.4, 0.5) is 5.69 Å². The van der Waals surface area contributed by atoms with Crippen LogP contribution in [0.2, 0.25) is 0 Å². The fraction of sp³-hybridized carbons (Fsp3) is 0.357. The lowest BCUT2D eigenvalue weighted by Gasteiger charge is -2.34. The van der Waals surface area contributed by atoms with E-state index in [-0.39, 0.29) is 22.9 Å². The molecule has 0 saturated carbocycles. The van der Waals surface area contributed by atoms with Gasteiger partial charge in [-0.05, 0) is 44.4 Å². The van der Waals surface area contributed by atoms with E-state index in [1.807, 2.05) is 18.2 Å². The van der Waals surface area contributed by atoms with E-state index in [1.165, 1.54) is 24.8 Å². The van der Waals surface area contributed by atoms with Crippen molar-refractivity contribution < 1.29 is 24.0 Å².